The van der Waals surface area contributed by atoms with Crippen LogP contribution in [0.2, 0.25) is 5.02 Å². The van der Waals surface area contributed by atoms with Crippen molar-refractivity contribution in [2.75, 3.05) is 5.32 Å². The van der Waals surface area contributed by atoms with Crippen molar-refractivity contribution in [1.82, 2.24) is 4.98 Å². The Bertz CT molecular complexity index is 566. The fourth-order valence-electron chi connectivity index (χ4n) is 2.39. The highest BCUT2D eigenvalue weighted by Crippen LogP contribution is 2.32. The van der Waals surface area contributed by atoms with Crippen molar-refractivity contribution < 1.29 is 4.39 Å². The van der Waals surface area contributed by atoms with Crippen LogP contribution in [0.25, 0.3) is 0 Å². The molecule has 1 aromatic heterocycles. The third kappa shape index (κ3) is 2.18. The minimum absolute atomic E-state index is 0.138. The molecule has 0 fully saturated rings. The maximum absolute atomic E-state index is 13.3. The van der Waals surface area contributed by atoms with Gasteiger partial charge in [0.1, 0.15) is 5.82 Å². The van der Waals surface area contributed by atoms with Crippen molar-refractivity contribution in [3.8, 4) is 0 Å². The van der Waals surface area contributed by atoms with E-state index < -0.39 is 0 Å². The second kappa shape index (κ2) is 4.58. The van der Waals surface area contributed by atoms with Gasteiger partial charge < -0.3 is 5.32 Å². The van der Waals surface area contributed by atoms with Gasteiger partial charge in [0.15, 0.2) is 0 Å². The van der Waals surface area contributed by atoms with E-state index in [4.69, 9.17) is 11.6 Å². The number of hydrogen-bond acceptors (Lipinski definition) is 2. The van der Waals surface area contributed by atoms with Crippen LogP contribution in [-0.2, 0) is 6.42 Å². The predicted octanol–water partition coefficient (Wildman–Crippen LogP) is 3.97. The number of benzene rings is 1. The van der Waals surface area contributed by atoms with Gasteiger partial charge in [-0.25, -0.2) is 4.39 Å². The first kappa shape index (κ1) is 11.5. The van der Waals surface area contributed by atoms with Gasteiger partial charge in [0.05, 0.1) is 11.7 Å². The molecular weight excluding hydrogens is 251 g/mol. The van der Waals surface area contributed by atoms with E-state index in [1.165, 1.54) is 17.7 Å². The second-order valence-corrected chi connectivity index (χ2v) is 4.88. The largest absolute Gasteiger partial charge is 0.377 e. The zero-order valence-electron chi connectivity index (χ0n) is 9.66. The molecule has 0 saturated carbocycles. The Hall–Kier alpha value is -1.61. The van der Waals surface area contributed by atoms with Crippen molar-refractivity contribution in [3.63, 3.8) is 0 Å². The summed E-state index contributed by atoms with van der Waals surface area (Å²) in [6.45, 7) is 0. The smallest absolute Gasteiger partial charge is 0.126 e. The Morgan fingerprint density at radius 3 is 3.06 bits per heavy atom. The Morgan fingerprint density at radius 2 is 2.22 bits per heavy atom. The summed E-state index contributed by atoms with van der Waals surface area (Å²) >= 11 is 5.84. The number of halogens is 2. The summed E-state index contributed by atoms with van der Waals surface area (Å²) < 4.78 is 13.3. The van der Waals surface area contributed by atoms with Gasteiger partial charge in [-0.1, -0.05) is 17.7 Å². The summed E-state index contributed by atoms with van der Waals surface area (Å²) in [7, 11) is 0. The zero-order valence-corrected chi connectivity index (χ0v) is 10.4. The number of anilines is 1. The number of nitrogens with zero attached hydrogens (tertiary/aromatic N) is 1. The van der Waals surface area contributed by atoms with Crippen LogP contribution in [0.1, 0.15) is 23.7 Å². The Labute approximate surface area is 110 Å². The molecule has 1 heterocycles. The van der Waals surface area contributed by atoms with E-state index in [0.717, 1.165) is 18.5 Å². The molecule has 92 valence electrons. The van der Waals surface area contributed by atoms with E-state index >= 15 is 0 Å². The van der Waals surface area contributed by atoms with Gasteiger partial charge in [0.25, 0.3) is 0 Å². The lowest BCUT2D eigenvalue weighted by atomic mass is 10.2. The SMILES string of the molecule is Fc1cc(Cl)cc(NC2CCc3cccnc32)c1. The number of aromatic nitrogens is 1. The molecule has 18 heavy (non-hydrogen) atoms. The van der Waals surface area contributed by atoms with Crippen LogP contribution < -0.4 is 5.32 Å². The molecule has 2 nitrogen and oxygen atoms in total. The van der Waals surface area contributed by atoms with Crippen LogP contribution >= 0.6 is 11.6 Å². The van der Waals surface area contributed by atoms with Crippen LogP contribution in [-0.4, -0.2) is 4.98 Å². The maximum Gasteiger partial charge on any atom is 0.126 e. The third-order valence-electron chi connectivity index (χ3n) is 3.16. The molecule has 0 radical (unpaired) electrons. The van der Waals surface area contributed by atoms with Gasteiger partial charge in [-0.2, -0.15) is 0 Å². The quantitative estimate of drug-likeness (QED) is 0.886. The fraction of sp³-hybridized carbons (Fsp3) is 0.214. The molecule has 1 unspecified atom stereocenters. The van der Waals surface area contributed by atoms with Gasteiger partial charge in [-0.3, -0.25) is 4.98 Å². The molecule has 1 aromatic carbocycles. The average Bonchev–Trinajstić information content (AvgIpc) is 2.72. The molecule has 1 aliphatic rings. The van der Waals surface area contributed by atoms with Gasteiger partial charge in [0, 0.05) is 16.9 Å². The summed E-state index contributed by atoms with van der Waals surface area (Å²) in [5.74, 6) is -0.329. The molecular formula is C14H12ClFN2. The number of fused-ring (bicyclic) bond motifs is 1. The van der Waals surface area contributed by atoms with Gasteiger partial charge in [0.2, 0.25) is 0 Å². The third-order valence-corrected chi connectivity index (χ3v) is 3.38. The van der Waals surface area contributed by atoms with E-state index in [0.29, 0.717) is 10.7 Å². The topological polar surface area (TPSA) is 24.9 Å². The van der Waals surface area contributed by atoms with Crippen molar-refractivity contribution in [2.45, 2.75) is 18.9 Å². The van der Waals surface area contributed by atoms with Crippen molar-refractivity contribution in [1.29, 1.82) is 0 Å². The highest BCUT2D eigenvalue weighted by atomic mass is 35.5. The van der Waals surface area contributed by atoms with Gasteiger partial charge in [-0.05, 0) is 42.7 Å². The maximum atomic E-state index is 13.3. The molecule has 4 heteroatoms. The molecule has 1 atom stereocenters. The lowest BCUT2D eigenvalue weighted by Crippen LogP contribution is -2.08. The normalized spacial score (nSPS) is 17.6. The first-order chi connectivity index (χ1) is 8.72. The Balaban J connectivity index is 1.86. The van der Waals surface area contributed by atoms with Crippen molar-refractivity contribution >= 4 is 17.3 Å². The van der Waals surface area contributed by atoms with Crippen LogP contribution in [0.15, 0.2) is 36.5 Å². The zero-order chi connectivity index (χ0) is 12.5. The summed E-state index contributed by atoms with van der Waals surface area (Å²) in [4.78, 5) is 4.39. The summed E-state index contributed by atoms with van der Waals surface area (Å²) in [5, 5.41) is 3.69. The molecule has 1 N–H and O–H groups in total. The van der Waals surface area contributed by atoms with E-state index in [-0.39, 0.29) is 11.9 Å². The minimum Gasteiger partial charge on any atom is -0.377 e. The molecule has 0 amide bonds. The molecule has 0 bridgehead atoms. The standard InChI is InChI=1S/C14H12ClFN2/c15-10-6-11(16)8-12(7-10)18-13-4-3-9-2-1-5-17-14(9)13/h1-2,5-8,13,18H,3-4H2. The predicted molar refractivity (Wildman–Crippen MR) is 70.3 cm³/mol. The fourth-order valence-corrected chi connectivity index (χ4v) is 2.61. The summed E-state index contributed by atoms with van der Waals surface area (Å²) in [6, 6.07) is 8.65. The Morgan fingerprint density at radius 1 is 1.33 bits per heavy atom. The Kier molecular flexibility index (Phi) is 2.92. The van der Waals surface area contributed by atoms with E-state index in [1.54, 1.807) is 12.3 Å². The van der Waals surface area contributed by atoms with Gasteiger partial charge >= 0.3 is 0 Å². The lowest BCUT2D eigenvalue weighted by Gasteiger charge is -2.14. The number of rotatable bonds is 2. The summed E-state index contributed by atoms with van der Waals surface area (Å²) in [6.07, 6.45) is 3.77. The van der Waals surface area contributed by atoms with Crippen LogP contribution in [0.4, 0.5) is 10.1 Å². The van der Waals surface area contributed by atoms with E-state index in [2.05, 4.69) is 16.4 Å². The van der Waals surface area contributed by atoms with Gasteiger partial charge in [-0.15, -0.1) is 0 Å². The molecule has 0 aliphatic heterocycles. The van der Waals surface area contributed by atoms with Crippen LogP contribution in [0.3, 0.4) is 0 Å². The number of aryl methyl sites for hydroxylation is 1. The molecule has 3 rings (SSSR count). The highest BCUT2D eigenvalue weighted by molar-refractivity contribution is 6.30. The molecule has 0 saturated heterocycles. The number of nitrogens with one attached hydrogen (secondary N) is 1. The first-order valence-corrected chi connectivity index (χ1v) is 6.26. The minimum atomic E-state index is -0.329. The molecule has 0 spiro atoms. The van der Waals surface area contributed by atoms with Crippen molar-refractivity contribution in [2.24, 2.45) is 0 Å². The van der Waals surface area contributed by atoms with E-state index in [9.17, 15) is 4.39 Å². The monoisotopic (exact) mass is 262 g/mol. The second-order valence-electron chi connectivity index (χ2n) is 4.44. The summed E-state index contributed by atoms with van der Waals surface area (Å²) in [5.41, 5.74) is 3.01. The first-order valence-electron chi connectivity index (χ1n) is 5.89. The lowest BCUT2D eigenvalue weighted by molar-refractivity contribution is 0.627. The van der Waals surface area contributed by atoms with E-state index in [1.807, 2.05) is 6.07 Å². The number of pyridine rings is 1. The van der Waals surface area contributed by atoms with Crippen LogP contribution in [0.5, 0.6) is 0 Å². The molecule has 2 aromatic rings. The number of hydrogen-bond donors (Lipinski definition) is 1. The average molecular weight is 263 g/mol. The van der Waals surface area contributed by atoms with Crippen molar-refractivity contribution in [3.05, 3.63) is 58.6 Å². The molecule has 1 aliphatic carbocycles. The van der Waals surface area contributed by atoms with Crippen LogP contribution in [0, 0.1) is 5.82 Å². The highest BCUT2D eigenvalue weighted by Gasteiger charge is 2.23.